The molecule has 5 nitrogen and oxygen atoms in total. The average molecular weight is 496 g/mol. The Morgan fingerprint density at radius 3 is 2.59 bits per heavy atom. The summed E-state index contributed by atoms with van der Waals surface area (Å²) in [6.07, 6.45) is 3.46. The number of aromatic hydroxyl groups is 1. The van der Waals surface area contributed by atoms with E-state index in [0.29, 0.717) is 33.7 Å². The molecule has 0 fully saturated rings. The van der Waals surface area contributed by atoms with Crippen LogP contribution in [0.1, 0.15) is 11.4 Å². The number of nitrogens with zero attached hydrogens (tertiary/aromatic N) is 2. The monoisotopic (exact) mass is 496 g/mol. The molecule has 29 heavy (non-hydrogen) atoms. The quantitative estimate of drug-likeness (QED) is 0.410. The molecule has 0 aliphatic carbocycles. The Hall–Kier alpha value is -3.13. The third kappa shape index (κ3) is 3.75. The first-order valence-corrected chi connectivity index (χ1v) is 9.98. The first kappa shape index (κ1) is 19.2. The summed E-state index contributed by atoms with van der Waals surface area (Å²) in [5.41, 5.74) is 1.66. The number of para-hydroxylation sites is 3. The highest BCUT2D eigenvalue weighted by Gasteiger charge is 2.15. The summed E-state index contributed by atoms with van der Waals surface area (Å²) in [4.78, 5) is 18.1. The molecule has 6 heteroatoms. The third-order valence-corrected chi connectivity index (χ3v) is 5.20. The Morgan fingerprint density at radius 1 is 1.03 bits per heavy atom. The number of hydrogen-bond donors (Lipinski definition) is 1. The zero-order valence-corrected chi connectivity index (χ0v) is 17.7. The Bertz CT molecular complexity index is 1300. The Morgan fingerprint density at radius 2 is 1.79 bits per heavy atom. The van der Waals surface area contributed by atoms with Crippen molar-refractivity contribution >= 4 is 45.6 Å². The first-order chi connectivity index (χ1) is 14.1. The number of phenols is 1. The number of fused-ring (bicyclic) bond motifs is 1. The molecule has 0 aliphatic heterocycles. The Kier molecular flexibility index (Phi) is 5.35. The van der Waals surface area contributed by atoms with Gasteiger partial charge in [0.25, 0.3) is 5.56 Å². The van der Waals surface area contributed by atoms with Crippen molar-refractivity contribution in [3.8, 4) is 17.2 Å². The molecule has 144 valence electrons. The zero-order valence-electron chi connectivity index (χ0n) is 15.5. The van der Waals surface area contributed by atoms with Gasteiger partial charge in [-0.3, -0.25) is 9.36 Å². The maximum atomic E-state index is 13.4. The first-order valence-electron chi connectivity index (χ1n) is 8.90. The minimum Gasteiger partial charge on any atom is -0.507 e. The SMILES string of the molecule is COc1ccccc1-n1c(C=Cc2ccccc2O)nc2ccc(I)cc2c1=O. The molecule has 0 saturated carbocycles. The fourth-order valence-electron chi connectivity index (χ4n) is 3.13. The minimum atomic E-state index is -0.185. The predicted molar refractivity (Wildman–Crippen MR) is 124 cm³/mol. The maximum Gasteiger partial charge on any atom is 0.266 e. The van der Waals surface area contributed by atoms with E-state index in [1.807, 2.05) is 42.5 Å². The van der Waals surface area contributed by atoms with Crippen LogP contribution in [0.3, 0.4) is 0 Å². The van der Waals surface area contributed by atoms with Crippen LogP contribution in [0.2, 0.25) is 0 Å². The molecule has 0 saturated heterocycles. The van der Waals surface area contributed by atoms with Gasteiger partial charge < -0.3 is 9.84 Å². The second kappa shape index (κ2) is 8.08. The van der Waals surface area contributed by atoms with E-state index in [9.17, 15) is 9.90 Å². The lowest BCUT2D eigenvalue weighted by Gasteiger charge is -2.14. The fourth-order valence-corrected chi connectivity index (χ4v) is 3.62. The van der Waals surface area contributed by atoms with E-state index < -0.39 is 0 Å². The van der Waals surface area contributed by atoms with Crippen molar-refractivity contribution in [3.63, 3.8) is 0 Å². The number of benzene rings is 3. The van der Waals surface area contributed by atoms with E-state index in [1.165, 1.54) is 4.57 Å². The molecule has 0 atom stereocenters. The van der Waals surface area contributed by atoms with Crippen LogP contribution in [0.25, 0.3) is 28.7 Å². The van der Waals surface area contributed by atoms with E-state index in [2.05, 4.69) is 22.6 Å². The number of halogens is 1. The van der Waals surface area contributed by atoms with Gasteiger partial charge in [-0.1, -0.05) is 30.3 Å². The van der Waals surface area contributed by atoms with Gasteiger partial charge in [0.15, 0.2) is 0 Å². The summed E-state index contributed by atoms with van der Waals surface area (Å²) in [5.74, 6) is 1.17. The lowest BCUT2D eigenvalue weighted by molar-refractivity contribution is 0.412. The van der Waals surface area contributed by atoms with Gasteiger partial charge in [-0.25, -0.2) is 4.98 Å². The van der Waals surface area contributed by atoms with Crippen LogP contribution in [-0.4, -0.2) is 21.8 Å². The number of ether oxygens (including phenoxy) is 1. The van der Waals surface area contributed by atoms with Crippen LogP contribution in [-0.2, 0) is 0 Å². The molecular formula is C23H17IN2O3. The summed E-state index contributed by atoms with van der Waals surface area (Å²) in [7, 11) is 1.57. The Labute approximate surface area is 181 Å². The van der Waals surface area contributed by atoms with E-state index in [0.717, 1.165) is 3.57 Å². The highest BCUT2D eigenvalue weighted by molar-refractivity contribution is 14.1. The summed E-state index contributed by atoms with van der Waals surface area (Å²) >= 11 is 2.18. The van der Waals surface area contributed by atoms with Crippen molar-refractivity contribution in [2.75, 3.05) is 7.11 Å². The van der Waals surface area contributed by atoms with Gasteiger partial charge in [-0.2, -0.15) is 0 Å². The van der Waals surface area contributed by atoms with Crippen LogP contribution in [0.15, 0.2) is 71.5 Å². The molecule has 1 aromatic heterocycles. The zero-order chi connectivity index (χ0) is 20.4. The number of aromatic nitrogens is 2. The highest BCUT2D eigenvalue weighted by Crippen LogP contribution is 2.25. The van der Waals surface area contributed by atoms with Crippen molar-refractivity contribution in [2.24, 2.45) is 0 Å². The van der Waals surface area contributed by atoms with Crippen LogP contribution in [0.4, 0.5) is 0 Å². The van der Waals surface area contributed by atoms with Crippen molar-refractivity contribution in [1.82, 2.24) is 9.55 Å². The molecule has 1 N–H and O–H groups in total. The van der Waals surface area contributed by atoms with Crippen LogP contribution < -0.4 is 10.3 Å². The number of rotatable bonds is 4. The van der Waals surface area contributed by atoms with Gasteiger partial charge in [0, 0.05) is 9.13 Å². The standard InChI is InChI=1S/C23H17IN2O3/c1-29-21-9-5-3-7-19(21)26-22(13-10-15-6-2-4-8-20(15)27)25-18-12-11-16(24)14-17(18)23(26)28/h2-14,27H,1H3. The summed E-state index contributed by atoms with van der Waals surface area (Å²) < 4.78 is 7.97. The third-order valence-electron chi connectivity index (χ3n) is 4.53. The van der Waals surface area contributed by atoms with Gasteiger partial charge in [0.2, 0.25) is 0 Å². The molecule has 4 rings (SSSR count). The molecule has 0 radical (unpaired) electrons. The summed E-state index contributed by atoms with van der Waals surface area (Å²) in [5, 5.41) is 10.6. The topological polar surface area (TPSA) is 64.3 Å². The minimum absolute atomic E-state index is 0.158. The average Bonchev–Trinajstić information content (AvgIpc) is 2.74. The van der Waals surface area contributed by atoms with E-state index in [4.69, 9.17) is 9.72 Å². The van der Waals surface area contributed by atoms with Gasteiger partial charge in [0.05, 0.1) is 23.7 Å². The van der Waals surface area contributed by atoms with E-state index in [-0.39, 0.29) is 11.3 Å². The largest absolute Gasteiger partial charge is 0.507 e. The second-order valence-corrected chi connectivity index (χ2v) is 7.58. The van der Waals surface area contributed by atoms with Gasteiger partial charge in [-0.15, -0.1) is 0 Å². The smallest absolute Gasteiger partial charge is 0.266 e. The van der Waals surface area contributed by atoms with Crippen molar-refractivity contribution < 1.29 is 9.84 Å². The van der Waals surface area contributed by atoms with Crippen LogP contribution >= 0.6 is 22.6 Å². The Balaban J connectivity index is 2.01. The predicted octanol–water partition coefficient (Wildman–Crippen LogP) is 4.87. The molecule has 1 heterocycles. The fraction of sp³-hybridized carbons (Fsp3) is 0.0435. The lowest BCUT2D eigenvalue weighted by atomic mass is 10.1. The van der Waals surface area contributed by atoms with Crippen molar-refractivity contribution in [2.45, 2.75) is 0 Å². The van der Waals surface area contributed by atoms with Crippen molar-refractivity contribution in [3.05, 3.63) is 92.0 Å². The molecule has 0 amide bonds. The molecule has 0 spiro atoms. The molecule has 0 unspecified atom stereocenters. The molecule has 0 bridgehead atoms. The van der Waals surface area contributed by atoms with Crippen molar-refractivity contribution in [1.29, 1.82) is 0 Å². The van der Waals surface area contributed by atoms with Crippen LogP contribution in [0, 0.1) is 3.57 Å². The van der Waals surface area contributed by atoms with Gasteiger partial charge in [-0.05, 0) is 71.1 Å². The van der Waals surface area contributed by atoms with Gasteiger partial charge >= 0.3 is 0 Å². The van der Waals surface area contributed by atoms with Crippen LogP contribution in [0.5, 0.6) is 11.5 Å². The molecule has 3 aromatic carbocycles. The second-order valence-electron chi connectivity index (χ2n) is 6.34. The number of methoxy groups -OCH3 is 1. The molecule has 0 aliphatic rings. The lowest BCUT2D eigenvalue weighted by Crippen LogP contribution is -2.23. The van der Waals surface area contributed by atoms with E-state index >= 15 is 0 Å². The highest BCUT2D eigenvalue weighted by atomic mass is 127. The normalized spacial score (nSPS) is 11.2. The van der Waals surface area contributed by atoms with Gasteiger partial charge in [0.1, 0.15) is 17.3 Å². The summed E-state index contributed by atoms with van der Waals surface area (Å²) in [6.45, 7) is 0. The molecule has 4 aromatic rings. The number of phenolic OH excluding ortho intramolecular Hbond substituents is 1. The maximum absolute atomic E-state index is 13.4. The molecular weight excluding hydrogens is 479 g/mol. The number of hydrogen-bond acceptors (Lipinski definition) is 4. The van der Waals surface area contributed by atoms with E-state index in [1.54, 1.807) is 43.5 Å². The summed E-state index contributed by atoms with van der Waals surface area (Å²) in [6, 6.07) is 19.9.